The van der Waals surface area contributed by atoms with Crippen molar-refractivity contribution >= 4 is 26.8 Å². The molecule has 0 unspecified atom stereocenters. The fourth-order valence-electron chi connectivity index (χ4n) is 3.12. The molecule has 1 aromatic carbocycles. The van der Waals surface area contributed by atoms with Gasteiger partial charge in [0.05, 0.1) is 11.3 Å². The summed E-state index contributed by atoms with van der Waals surface area (Å²) in [5.74, 6) is -0.220. The first-order valence-electron chi connectivity index (χ1n) is 8.31. The fourth-order valence-corrected chi connectivity index (χ4v) is 4.25. The molecule has 1 aromatic heterocycles. The van der Waals surface area contributed by atoms with Crippen molar-refractivity contribution in [3.63, 3.8) is 0 Å². The van der Waals surface area contributed by atoms with E-state index in [2.05, 4.69) is 10.3 Å². The molecule has 8 heteroatoms. The van der Waals surface area contributed by atoms with Gasteiger partial charge >= 0.3 is 0 Å². The molecule has 0 atom stereocenters. The van der Waals surface area contributed by atoms with Crippen LogP contribution >= 0.6 is 0 Å². The number of benzene rings is 1. The van der Waals surface area contributed by atoms with Crippen molar-refractivity contribution in [2.24, 2.45) is 0 Å². The van der Waals surface area contributed by atoms with Gasteiger partial charge in [0.25, 0.3) is 5.91 Å². The van der Waals surface area contributed by atoms with Gasteiger partial charge in [-0.15, -0.1) is 0 Å². The van der Waals surface area contributed by atoms with E-state index < -0.39 is 10.0 Å². The molecule has 1 aliphatic heterocycles. The van der Waals surface area contributed by atoms with E-state index in [0.29, 0.717) is 42.4 Å². The van der Waals surface area contributed by atoms with Crippen LogP contribution in [-0.4, -0.2) is 48.5 Å². The van der Waals surface area contributed by atoms with Crippen LogP contribution in [0.15, 0.2) is 35.1 Å². The van der Waals surface area contributed by atoms with Gasteiger partial charge in [-0.1, -0.05) is 18.2 Å². The van der Waals surface area contributed by atoms with E-state index in [1.54, 1.807) is 25.1 Å². The van der Waals surface area contributed by atoms with E-state index >= 15 is 0 Å². The summed E-state index contributed by atoms with van der Waals surface area (Å²) in [6, 6.07) is 8.34. The lowest BCUT2D eigenvalue weighted by atomic mass is 10.0. The van der Waals surface area contributed by atoms with Gasteiger partial charge in [-0.2, -0.15) is 0 Å². The zero-order valence-electron chi connectivity index (χ0n) is 14.0. The lowest BCUT2D eigenvalue weighted by molar-refractivity contribution is 0.0925. The summed E-state index contributed by atoms with van der Waals surface area (Å²) in [6.45, 7) is 2.43. The Hall–Kier alpha value is -2.19. The summed E-state index contributed by atoms with van der Waals surface area (Å²) in [7, 11) is -3.18. The predicted molar refractivity (Wildman–Crippen MR) is 96.1 cm³/mol. The average Bonchev–Trinajstić information content (AvgIpc) is 2.61. The van der Waals surface area contributed by atoms with E-state index in [0.717, 1.165) is 0 Å². The fraction of sp³-hybridized carbons (Fsp3) is 0.412. The van der Waals surface area contributed by atoms with Crippen molar-refractivity contribution in [1.29, 1.82) is 0 Å². The number of hydrogen-bond acceptors (Lipinski definition) is 4. The molecule has 1 aliphatic rings. The molecule has 3 rings (SSSR count). The number of carbonyl (C=O) groups excluding carboxylic acids is 1. The third-order valence-corrected chi connectivity index (χ3v) is 6.42. The minimum absolute atomic E-state index is 0.0861. The number of hydrogen-bond donors (Lipinski definition) is 2. The van der Waals surface area contributed by atoms with Crippen molar-refractivity contribution in [1.82, 2.24) is 14.6 Å². The van der Waals surface area contributed by atoms with Gasteiger partial charge in [-0.3, -0.25) is 9.59 Å². The SMILES string of the molecule is CCS(=O)(=O)N1CCC(NC(=O)c2cc(=O)[nH]c3ccccc23)CC1. The maximum atomic E-state index is 12.6. The first-order chi connectivity index (χ1) is 11.9. The van der Waals surface area contributed by atoms with E-state index in [1.165, 1.54) is 10.4 Å². The second kappa shape index (κ2) is 6.97. The van der Waals surface area contributed by atoms with Crippen LogP contribution in [-0.2, 0) is 10.0 Å². The molecule has 1 saturated heterocycles. The Bertz CT molecular complexity index is 944. The third kappa shape index (κ3) is 3.74. The number of nitrogens with zero attached hydrogens (tertiary/aromatic N) is 1. The van der Waals surface area contributed by atoms with Crippen LogP contribution in [0.1, 0.15) is 30.1 Å². The van der Waals surface area contributed by atoms with Gasteiger partial charge in [0.15, 0.2) is 0 Å². The Balaban J connectivity index is 1.73. The third-order valence-electron chi connectivity index (χ3n) is 4.54. The molecule has 0 saturated carbocycles. The number of piperidine rings is 1. The van der Waals surface area contributed by atoms with Crippen LogP contribution in [0, 0.1) is 0 Å². The van der Waals surface area contributed by atoms with Crippen molar-refractivity contribution < 1.29 is 13.2 Å². The Morgan fingerprint density at radius 3 is 2.64 bits per heavy atom. The molecule has 2 N–H and O–H groups in total. The molecule has 1 fully saturated rings. The van der Waals surface area contributed by atoms with E-state index in [-0.39, 0.29) is 23.3 Å². The zero-order chi connectivity index (χ0) is 18.0. The van der Waals surface area contributed by atoms with Crippen molar-refractivity contribution in [3.05, 3.63) is 46.2 Å². The quantitative estimate of drug-likeness (QED) is 0.849. The number of aromatic amines is 1. The minimum atomic E-state index is -3.18. The van der Waals surface area contributed by atoms with Crippen molar-refractivity contribution in [2.45, 2.75) is 25.8 Å². The number of rotatable bonds is 4. The topological polar surface area (TPSA) is 99.3 Å². The van der Waals surface area contributed by atoms with Gasteiger partial charge < -0.3 is 10.3 Å². The Morgan fingerprint density at radius 2 is 1.96 bits per heavy atom. The standard InChI is InChI=1S/C17H21N3O4S/c1-2-25(23,24)20-9-7-12(8-10-20)18-17(22)14-11-16(21)19-15-6-4-3-5-13(14)15/h3-6,11-12H,2,7-10H2,1H3,(H,18,22)(H,19,21). The van der Waals surface area contributed by atoms with E-state index in [4.69, 9.17) is 0 Å². The maximum absolute atomic E-state index is 12.6. The number of nitrogens with one attached hydrogen (secondary N) is 2. The van der Waals surface area contributed by atoms with E-state index in [9.17, 15) is 18.0 Å². The van der Waals surface area contributed by atoms with Gasteiger partial charge in [-0.05, 0) is 25.8 Å². The smallest absolute Gasteiger partial charge is 0.252 e. The highest BCUT2D eigenvalue weighted by atomic mass is 32.2. The summed E-state index contributed by atoms with van der Waals surface area (Å²) in [5.41, 5.74) is 0.625. The zero-order valence-corrected chi connectivity index (χ0v) is 14.8. The summed E-state index contributed by atoms with van der Waals surface area (Å²) < 4.78 is 25.2. The number of para-hydroxylation sites is 1. The molecule has 134 valence electrons. The first-order valence-corrected chi connectivity index (χ1v) is 9.92. The van der Waals surface area contributed by atoms with Gasteiger partial charge in [0, 0.05) is 36.1 Å². The van der Waals surface area contributed by atoms with Crippen LogP contribution in [0.2, 0.25) is 0 Å². The molecule has 0 spiro atoms. The van der Waals surface area contributed by atoms with Crippen LogP contribution in [0.3, 0.4) is 0 Å². The number of aromatic nitrogens is 1. The number of fused-ring (bicyclic) bond motifs is 1. The number of sulfonamides is 1. The normalized spacial score (nSPS) is 16.8. The highest BCUT2D eigenvalue weighted by Gasteiger charge is 2.27. The van der Waals surface area contributed by atoms with Gasteiger partial charge in [0.1, 0.15) is 0 Å². The lowest BCUT2D eigenvalue weighted by Crippen LogP contribution is -2.47. The minimum Gasteiger partial charge on any atom is -0.349 e. The summed E-state index contributed by atoms with van der Waals surface area (Å²) in [4.78, 5) is 27.1. The Labute approximate surface area is 146 Å². The molecular weight excluding hydrogens is 342 g/mol. The Morgan fingerprint density at radius 1 is 1.28 bits per heavy atom. The largest absolute Gasteiger partial charge is 0.349 e. The average molecular weight is 363 g/mol. The van der Waals surface area contributed by atoms with Gasteiger partial charge in [0.2, 0.25) is 15.6 Å². The maximum Gasteiger partial charge on any atom is 0.252 e. The number of carbonyl (C=O) groups is 1. The first kappa shape index (κ1) is 17.6. The number of pyridine rings is 1. The highest BCUT2D eigenvalue weighted by Crippen LogP contribution is 2.17. The van der Waals surface area contributed by atoms with Crippen LogP contribution < -0.4 is 10.9 Å². The van der Waals surface area contributed by atoms with Gasteiger partial charge in [-0.25, -0.2) is 12.7 Å². The summed E-state index contributed by atoms with van der Waals surface area (Å²) in [5, 5.41) is 3.62. The molecule has 2 aromatic rings. The summed E-state index contributed by atoms with van der Waals surface area (Å²) >= 11 is 0. The molecule has 25 heavy (non-hydrogen) atoms. The van der Waals surface area contributed by atoms with Crippen LogP contribution in [0.4, 0.5) is 0 Å². The molecule has 0 radical (unpaired) electrons. The molecule has 0 bridgehead atoms. The predicted octanol–water partition coefficient (Wildman–Crippen LogP) is 1.07. The molecule has 2 heterocycles. The molecule has 0 aliphatic carbocycles. The van der Waals surface area contributed by atoms with E-state index in [1.807, 2.05) is 6.07 Å². The van der Waals surface area contributed by atoms with Crippen LogP contribution in [0.25, 0.3) is 10.9 Å². The number of H-pyrrole nitrogens is 1. The molecule has 7 nitrogen and oxygen atoms in total. The lowest BCUT2D eigenvalue weighted by Gasteiger charge is -2.31. The summed E-state index contributed by atoms with van der Waals surface area (Å²) in [6.07, 6.45) is 1.12. The second-order valence-corrected chi connectivity index (χ2v) is 8.40. The van der Waals surface area contributed by atoms with Crippen molar-refractivity contribution in [2.75, 3.05) is 18.8 Å². The second-order valence-electron chi connectivity index (χ2n) is 6.14. The molecular formula is C17H21N3O4S. The number of amides is 1. The monoisotopic (exact) mass is 363 g/mol. The van der Waals surface area contributed by atoms with Crippen LogP contribution in [0.5, 0.6) is 0 Å². The molecule has 1 amide bonds. The highest BCUT2D eigenvalue weighted by molar-refractivity contribution is 7.89. The van der Waals surface area contributed by atoms with Crippen molar-refractivity contribution in [3.8, 4) is 0 Å². The Kier molecular flexibility index (Phi) is 4.91.